The number of aromatic nitrogens is 3. The second kappa shape index (κ2) is 11.8. The van der Waals surface area contributed by atoms with Gasteiger partial charge in [0, 0.05) is 27.5 Å². The molecule has 56 heavy (non-hydrogen) atoms. The van der Waals surface area contributed by atoms with Crippen LogP contribution in [0, 0.1) is 0 Å². The summed E-state index contributed by atoms with van der Waals surface area (Å²) in [5.41, 5.74) is 16.8. The van der Waals surface area contributed by atoms with Crippen molar-refractivity contribution in [1.82, 2.24) is 15.0 Å². The van der Waals surface area contributed by atoms with Crippen molar-refractivity contribution in [2.45, 2.75) is 5.41 Å². The molecule has 8 aromatic carbocycles. The fourth-order valence-electron chi connectivity index (χ4n) is 9.49. The molecule has 0 radical (unpaired) electrons. The van der Waals surface area contributed by atoms with Crippen molar-refractivity contribution >= 4 is 21.9 Å². The Morgan fingerprint density at radius 2 is 0.839 bits per heavy atom. The molecule has 0 N–H and O–H groups in total. The van der Waals surface area contributed by atoms with E-state index in [9.17, 15) is 0 Å². The highest BCUT2D eigenvalue weighted by molar-refractivity contribution is 6.13. The van der Waals surface area contributed by atoms with E-state index in [1.54, 1.807) is 0 Å². The Bertz CT molecular complexity index is 3100. The van der Waals surface area contributed by atoms with Crippen molar-refractivity contribution < 1.29 is 4.42 Å². The van der Waals surface area contributed by atoms with Gasteiger partial charge in [0.2, 0.25) is 0 Å². The van der Waals surface area contributed by atoms with Gasteiger partial charge >= 0.3 is 0 Å². The molecule has 0 saturated carbocycles. The van der Waals surface area contributed by atoms with E-state index < -0.39 is 5.41 Å². The quantitative estimate of drug-likeness (QED) is 0.182. The van der Waals surface area contributed by atoms with Gasteiger partial charge in [0.25, 0.3) is 0 Å². The summed E-state index contributed by atoms with van der Waals surface area (Å²) in [6.45, 7) is 0. The van der Waals surface area contributed by atoms with E-state index in [-0.39, 0.29) is 0 Å². The third-order valence-electron chi connectivity index (χ3n) is 11.8. The maximum atomic E-state index is 6.57. The molecule has 12 rings (SSSR count). The molecule has 0 aliphatic heterocycles. The van der Waals surface area contributed by atoms with Crippen LogP contribution in [0.3, 0.4) is 0 Å². The molecule has 1 spiro atoms. The number of fused-ring (bicyclic) bond motifs is 13. The van der Waals surface area contributed by atoms with Gasteiger partial charge in [0.15, 0.2) is 17.5 Å². The third-order valence-corrected chi connectivity index (χ3v) is 11.8. The first kappa shape index (κ1) is 31.0. The van der Waals surface area contributed by atoms with E-state index in [1.165, 1.54) is 50.1 Å². The highest BCUT2D eigenvalue weighted by Crippen LogP contribution is 2.64. The maximum absolute atomic E-state index is 6.57. The van der Waals surface area contributed by atoms with Crippen LogP contribution in [0.25, 0.3) is 89.5 Å². The van der Waals surface area contributed by atoms with Crippen LogP contribution in [0.5, 0.6) is 0 Å². The van der Waals surface area contributed by atoms with Crippen LogP contribution in [0.4, 0.5) is 0 Å². The van der Waals surface area contributed by atoms with Crippen LogP contribution >= 0.6 is 0 Å². The summed E-state index contributed by atoms with van der Waals surface area (Å²) in [7, 11) is 0. The third kappa shape index (κ3) is 4.27. The first-order valence-corrected chi connectivity index (χ1v) is 19.0. The lowest BCUT2D eigenvalue weighted by Crippen LogP contribution is -2.25. The zero-order valence-electron chi connectivity index (χ0n) is 30.1. The highest BCUT2D eigenvalue weighted by atomic mass is 16.3. The summed E-state index contributed by atoms with van der Waals surface area (Å²) in [4.78, 5) is 15.2. The molecule has 0 atom stereocenters. The van der Waals surface area contributed by atoms with Crippen molar-refractivity contribution in [2.24, 2.45) is 0 Å². The summed E-state index contributed by atoms with van der Waals surface area (Å²) in [5, 5.41) is 2.00. The number of rotatable bonds is 4. The maximum Gasteiger partial charge on any atom is 0.164 e. The van der Waals surface area contributed by atoms with Gasteiger partial charge in [-0.25, -0.2) is 15.0 Å². The normalized spacial score (nSPS) is 13.1. The van der Waals surface area contributed by atoms with Crippen LogP contribution in [0.2, 0.25) is 0 Å². The Hall–Kier alpha value is -7.43. The number of hydrogen-bond donors (Lipinski definition) is 0. The van der Waals surface area contributed by atoms with Crippen LogP contribution in [-0.4, -0.2) is 15.0 Å². The van der Waals surface area contributed by atoms with Crippen molar-refractivity contribution in [3.63, 3.8) is 0 Å². The van der Waals surface area contributed by atoms with Gasteiger partial charge in [0.05, 0.1) is 5.41 Å². The zero-order valence-corrected chi connectivity index (χ0v) is 30.1. The molecule has 4 nitrogen and oxygen atoms in total. The Kier molecular flexibility index (Phi) is 6.52. The SMILES string of the molecule is c1ccc(-c2nc(-c3ccccc3)nc(-c3cccc4oc5ccc(-c6cccc7c6-c6ccccc6C76c7ccccc7-c7ccccc76)cc5c34)n2)cc1. The lowest BCUT2D eigenvalue weighted by molar-refractivity contribution is 0.669. The second-order valence-electron chi connectivity index (χ2n) is 14.6. The lowest BCUT2D eigenvalue weighted by atomic mass is 9.70. The molecule has 0 fully saturated rings. The van der Waals surface area contributed by atoms with Gasteiger partial charge < -0.3 is 4.42 Å². The van der Waals surface area contributed by atoms with Gasteiger partial charge in [0.1, 0.15) is 11.2 Å². The molecule has 0 unspecified atom stereocenters. The number of furan rings is 1. The van der Waals surface area contributed by atoms with Gasteiger partial charge in [-0.15, -0.1) is 0 Å². The van der Waals surface area contributed by atoms with E-state index in [0.29, 0.717) is 17.5 Å². The van der Waals surface area contributed by atoms with Gasteiger partial charge in [-0.05, 0) is 73.8 Å². The Morgan fingerprint density at radius 1 is 0.339 bits per heavy atom. The van der Waals surface area contributed by atoms with Gasteiger partial charge in [-0.2, -0.15) is 0 Å². The van der Waals surface area contributed by atoms with E-state index in [0.717, 1.165) is 44.2 Å². The first-order valence-electron chi connectivity index (χ1n) is 19.0. The van der Waals surface area contributed by atoms with Crippen LogP contribution < -0.4 is 0 Å². The Balaban J connectivity index is 1.09. The fourth-order valence-corrected chi connectivity index (χ4v) is 9.49. The van der Waals surface area contributed by atoms with E-state index in [1.807, 2.05) is 72.8 Å². The van der Waals surface area contributed by atoms with E-state index >= 15 is 0 Å². The van der Waals surface area contributed by atoms with Crippen molar-refractivity contribution in [3.8, 4) is 67.5 Å². The molecule has 4 heteroatoms. The van der Waals surface area contributed by atoms with Crippen LogP contribution in [0.1, 0.15) is 22.3 Å². The molecule has 0 amide bonds. The van der Waals surface area contributed by atoms with Crippen LogP contribution in [0.15, 0.2) is 192 Å². The highest BCUT2D eigenvalue weighted by Gasteiger charge is 2.51. The van der Waals surface area contributed by atoms with Crippen molar-refractivity contribution in [1.29, 1.82) is 0 Å². The minimum absolute atomic E-state index is 0.402. The minimum atomic E-state index is -0.402. The van der Waals surface area contributed by atoms with Crippen molar-refractivity contribution in [2.75, 3.05) is 0 Å². The fraction of sp³-hybridized carbons (Fsp3) is 0.0192. The molecule has 2 heterocycles. The summed E-state index contributed by atoms with van der Waals surface area (Å²) < 4.78 is 6.57. The smallest absolute Gasteiger partial charge is 0.164 e. The predicted molar refractivity (Wildman–Crippen MR) is 225 cm³/mol. The number of hydrogen-bond acceptors (Lipinski definition) is 4. The number of benzene rings is 8. The zero-order chi connectivity index (χ0) is 36.8. The van der Waals surface area contributed by atoms with Gasteiger partial charge in [-0.3, -0.25) is 0 Å². The van der Waals surface area contributed by atoms with Crippen molar-refractivity contribution in [3.05, 3.63) is 210 Å². The standard InChI is InChI=1S/C52H31N3O/c1-3-15-32(16-4-1)49-53-50(33-17-5-2-6-18-33)55-51(54-49)39-23-14-28-46-48(39)40-31-34(29-30-45(40)56-46)35-22-13-27-44-47(35)38-21-9-12-26-43(38)52(44)41-24-10-7-19-36(41)37-20-8-11-25-42(37)52/h1-31H. The molecule has 2 aromatic heterocycles. The second-order valence-corrected chi connectivity index (χ2v) is 14.6. The Morgan fingerprint density at radius 3 is 1.50 bits per heavy atom. The van der Waals surface area contributed by atoms with E-state index in [2.05, 4.69) is 115 Å². The molecule has 0 saturated heterocycles. The monoisotopic (exact) mass is 713 g/mol. The summed E-state index contributed by atoms with van der Waals surface area (Å²) in [6.07, 6.45) is 0. The number of nitrogens with zero attached hydrogens (tertiary/aromatic N) is 3. The summed E-state index contributed by atoms with van der Waals surface area (Å²) >= 11 is 0. The summed E-state index contributed by atoms with van der Waals surface area (Å²) in [5.74, 6) is 1.86. The Labute approximate surface area is 323 Å². The average Bonchev–Trinajstić information content (AvgIpc) is 3.91. The molecule has 2 aliphatic carbocycles. The summed E-state index contributed by atoms with van der Waals surface area (Å²) in [6, 6.07) is 66.7. The average molecular weight is 714 g/mol. The lowest BCUT2D eigenvalue weighted by Gasteiger charge is -2.30. The molecule has 260 valence electrons. The minimum Gasteiger partial charge on any atom is -0.456 e. The molecule has 0 bridgehead atoms. The molecular weight excluding hydrogens is 683 g/mol. The molecule has 10 aromatic rings. The topological polar surface area (TPSA) is 51.8 Å². The largest absolute Gasteiger partial charge is 0.456 e. The molecule has 2 aliphatic rings. The first-order chi connectivity index (χ1) is 27.8. The van der Waals surface area contributed by atoms with Gasteiger partial charge in [-0.1, -0.05) is 170 Å². The van der Waals surface area contributed by atoms with Crippen LogP contribution in [-0.2, 0) is 5.41 Å². The van der Waals surface area contributed by atoms with E-state index in [4.69, 9.17) is 19.4 Å². The predicted octanol–water partition coefficient (Wildman–Crippen LogP) is 12.8. The molecular formula is C52H31N3O.